The molecule has 0 radical (unpaired) electrons. The van der Waals surface area contributed by atoms with E-state index in [4.69, 9.17) is 4.42 Å². The molecule has 27 heavy (non-hydrogen) atoms. The van der Waals surface area contributed by atoms with Crippen molar-refractivity contribution in [3.05, 3.63) is 53.2 Å². The van der Waals surface area contributed by atoms with Crippen molar-refractivity contribution in [3.63, 3.8) is 0 Å². The van der Waals surface area contributed by atoms with E-state index in [1.165, 1.54) is 17.5 Å². The van der Waals surface area contributed by atoms with Gasteiger partial charge in [0.25, 0.3) is 5.91 Å². The summed E-state index contributed by atoms with van der Waals surface area (Å²) >= 11 is 0. The standard InChI is InChI=1S/C20H23N3O4/c1-11-18(21-10-27-11)20(26)23-16-8-14(9-17(16)24)19(25)22-15-6-12-4-2-3-5-13(12)7-15/h2-5,10,14-17,24H,6-9H2,1H3,(H,22,25)(H,23,26)/t14-,16+,17+/m0/s1. The molecule has 1 aromatic carbocycles. The first-order chi connectivity index (χ1) is 13.0. The second-order valence-electron chi connectivity index (χ2n) is 7.46. The van der Waals surface area contributed by atoms with Crippen molar-refractivity contribution in [2.24, 2.45) is 5.92 Å². The Balaban J connectivity index is 1.32. The predicted molar refractivity (Wildman–Crippen MR) is 97.0 cm³/mol. The van der Waals surface area contributed by atoms with E-state index in [2.05, 4.69) is 27.8 Å². The van der Waals surface area contributed by atoms with Crippen molar-refractivity contribution in [1.82, 2.24) is 15.6 Å². The Morgan fingerprint density at radius 1 is 1.15 bits per heavy atom. The van der Waals surface area contributed by atoms with Crippen molar-refractivity contribution < 1.29 is 19.1 Å². The number of nitrogens with zero attached hydrogens (tertiary/aromatic N) is 1. The van der Waals surface area contributed by atoms with E-state index < -0.39 is 18.1 Å². The molecule has 2 amide bonds. The van der Waals surface area contributed by atoms with Crippen LogP contribution in [0.3, 0.4) is 0 Å². The summed E-state index contributed by atoms with van der Waals surface area (Å²) in [5.74, 6) is -0.332. The van der Waals surface area contributed by atoms with Crippen LogP contribution < -0.4 is 10.6 Å². The van der Waals surface area contributed by atoms with Crippen LogP contribution in [0, 0.1) is 12.8 Å². The average Bonchev–Trinajstić information content (AvgIpc) is 3.33. The first-order valence-electron chi connectivity index (χ1n) is 9.27. The fraction of sp³-hybridized carbons (Fsp3) is 0.450. The highest BCUT2D eigenvalue weighted by Gasteiger charge is 2.39. The predicted octanol–water partition coefficient (Wildman–Crippen LogP) is 1.14. The second kappa shape index (κ2) is 7.15. The zero-order chi connectivity index (χ0) is 19.0. The number of rotatable bonds is 4. The van der Waals surface area contributed by atoms with Gasteiger partial charge in [0, 0.05) is 12.0 Å². The summed E-state index contributed by atoms with van der Waals surface area (Å²) in [7, 11) is 0. The fourth-order valence-electron chi connectivity index (χ4n) is 4.12. The number of amides is 2. The number of oxazole rings is 1. The van der Waals surface area contributed by atoms with Crippen LogP contribution in [0.5, 0.6) is 0 Å². The minimum atomic E-state index is -0.752. The molecule has 0 spiro atoms. The number of hydrogen-bond acceptors (Lipinski definition) is 5. The monoisotopic (exact) mass is 369 g/mol. The minimum Gasteiger partial charge on any atom is -0.448 e. The van der Waals surface area contributed by atoms with Gasteiger partial charge in [0.15, 0.2) is 12.1 Å². The van der Waals surface area contributed by atoms with Gasteiger partial charge in [-0.15, -0.1) is 0 Å². The molecule has 2 aromatic rings. The summed E-state index contributed by atoms with van der Waals surface area (Å²) < 4.78 is 5.04. The van der Waals surface area contributed by atoms with Crippen molar-refractivity contribution in [3.8, 4) is 0 Å². The fourth-order valence-corrected chi connectivity index (χ4v) is 4.12. The molecule has 2 aliphatic rings. The maximum absolute atomic E-state index is 12.6. The van der Waals surface area contributed by atoms with Gasteiger partial charge in [-0.3, -0.25) is 9.59 Å². The lowest BCUT2D eigenvalue weighted by Gasteiger charge is -2.17. The second-order valence-corrected chi connectivity index (χ2v) is 7.46. The molecule has 1 aromatic heterocycles. The number of carbonyl (C=O) groups is 2. The molecular formula is C20H23N3O4. The van der Waals surface area contributed by atoms with Gasteiger partial charge in [-0.05, 0) is 43.7 Å². The topological polar surface area (TPSA) is 104 Å². The van der Waals surface area contributed by atoms with Crippen LogP contribution in [0.2, 0.25) is 0 Å². The number of hydrogen-bond donors (Lipinski definition) is 3. The quantitative estimate of drug-likeness (QED) is 0.750. The molecule has 142 valence electrons. The number of aromatic nitrogens is 1. The summed E-state index contributed by atoms with van der Waals surface area (Å²) in [6.45, 7) is 1.66. The first kappa shape index (κ1) is 17.7. The van der Waals surface area contributed by atoms with Gasteiger partial charge in [0.05, 0.1) is 12.1 Å². The van der Waals surface area contributed by atoms with Crippen LogP contribution in [-0.2, 0) is 17.6 Å². The number of benzene rings is 1. The molecule has 1 heterocycles. The van der Waals surface area contributed by atoms with Gasteiger partial charge in [0.1, 0.15) is 5.76 Å². The summed E-state index contributed by atoms with van der Waals surface area (Å²) in [5, 5.41) is 16.2. The van der Waals surface area contributed by atoms with Crippen LogP contribution in [0.4, 0.5) is 0 Å². The Labute approximate surface area is 157 Å². The first-order valence-corrected chi connectivity index (χ1v) is 9.27. The third-order valence-electron chi connectivity index (χ3n) is 5.57. The van der Waals surface area contributed by atoms with Gasteiger partial charge in [-0.2, -0.15) is 0 Å². The molecule has 1 fully saturated rings. The van der Waals surface area contributed by atoms with Crippen LogP contribution >= 0.6 is 0 Å². The Morgan fingerprint density at radius 2 is 1.85 bits per heavy atom. The molecule has 0 saturated heterocycles. The van der Waals surface area contributed by atoms with Gasteiger partial charge in [0.2, 0.25) is 5.91 Å². The zero-order valence-electron chi connectivity index (χ0n) is 15.1. The number of carbonyl (C=O) groups excluding carboxylic acids is 2. The maximum Gasteiger partial charge on any atom is 0.273 e. The van der Waals surface area contributed by atoms with Crippen molar-refractivity contribution in [2.75, 3.05) is 0 Å². The van der Waals surface area contributed by atoms with E-state index in [0.717, 1.165) is 12.8 Å². The van der Waals surface area contributed by atoms with Crippen LogP contribution in [0.1, 0.15) is 40.2 Å². The zero-order valence-corrected chi connectivity index (χ0v) is 15.1. The molecule has 1 saturated carbocycles. The Bertz CT molecular complexity index is 837. The molecule has 3 atom stereocenters. The summed E-state index contributed by atoms with van der Waals surface area (Å²) in [6.07, 6.45) is 2.89. The van der Waals surface area contributed by atoms with E-state index in [1.54, 1.807) is 6.92 Å². The summed E-state index contributed by atoms with van der Waals surface area (Å²) in [6, 6.07) is 7.85. The average molecular weight is 369 g/mol. The van der Waals surface area contributed by atoms with Crippen LogP contribution in [0.15, 0.2) is 35.1 Å². The number of nitrogens with one attached hydrogen (secondary N) is 2. The number of aliphatic hydroxyl groups is 1. The van der Waals surface area contributed by atoms with Gasteiger partial charge in [-0.25, -0.2) is 4.98 Å². The molecule has 7 nitrogen and oxygen atoms in total. The van der Waals surface area contributed by atoms with Gasteiger partial charge in [-0.1, -0.05) is 24.3 Å². The largest absolute Gasteiger partial charge is 0.448 e. The van der Waals surface area contributed by atoms with E-state index in [9.17, 15) is 14.7 Å². The number of fused-ring (bicyclic) bond motifs is 1. The van der Waals surface area contributed by atoms with E-state index >= 15 is 0 Å². The molecule has 2 aliphatic carbocycles. The maximum atomic E-state index is 12.6. The third kappa shape index (κ3) is 3.60. The highest BCUT2D eigenvalue weighted by molar-refractivity contribution is 5.93. The SMILES string of the molecule is Cc1ocnc1C(=O)N[C@@H]1C[C@H](C(=O)NC2Cc3ccccc3C2)C[C@H]1O. The smallest absolute Gasteiger partial charge is 0.273 e. The molecule has 0 unspecified atom stereocenters. The summed E-state index contributed by atoms with van der Waals surface area (Å²) in [5.41, 5.74) is 2.77. The van der Waals surface area contributed by atoms with Gasteiger partial charge < -0.3 is 20.2 Å². The lowest BCUT2D eigenvalue weighted by Crippen LogP contribution is -2.41. The van der Waals surface area contributed by atoms with Gasteiger partial charge >= 0.3 is 0 Å². The Morgan fingerprint density at radius 3 is 2.48 bits per heavy atom. The van der Waals surface area contributed by atoms with E-state index in [0.29, 0.717) is 18.6 Å². The molecule has 4 rings (SSSR count). The highest BCUT2D eigenvalue weighted by atomic mass is 16.3. The Hall–Kier alpha value is -2.67. The molecule has 7 heteroatoms. The van der Waals surface area contributed by atoms with Crippen molar-refractivity contribution in [2.45, 2.75) is 50.8 Å². The summed E-state index contributed by atoms with van der Waals surface area (Å²) in [4.78, 5) is 28.8. The third-order valence-corrected chi connectivity index (χ3v) is 5.57. The highest BCUT2D eigenvalue weighted by Crippen LogP contribution is 2.28. The van der Waals surface area contributed by atoms with E-state index in [1.807, 2.05) is 12.1 Å². The molecular weight excluding hydrogens is 346 g/mol. The minimum absolute atomic E-state index is 0.0544. The van der Waals surface area contributed by atoms with Crippen molar-refractivity contribution in [1.29, 1.82) is 0 Å². The van der Waals surface area contributed by atoms with Crippen molar-refractivity contribution >= 4 is 11.8 Å². The molecule has 0 aliphatic heterocycles. The van der Waals surface area contributed by atoms with Crippen LogP contribution in [-0.4, -0.2) is 40.1 Å². The normalized spacial score (nSPS) is 24.6. The number of aliphatic hydroxyl groups excluding tert-OH is 1. The lowest BCUT2D eigenvalue weighted by atomic mass is 10.1. The number of aryl methyl sites for hydroxylation is 1. The van der Waals surface area contributed by atoms with E-state index in [-0.39, 0.29) is 23.6 Å². The van der Waals surface area contributed by atoms with Crippen LogP contribution in [0.25, 0.3) is 0 Å². The molecule has 3 N–H and O–H groups in total. The molecule has 0 bridgehead atoms. The lowest BCUT2D eigenvalue weighted by molar-refractivity contribution is -0.125. The Kier molecular flexibility index (Phi) is 4.70.